The van der Waals surface area contributed by atoms with Crippen LogP contribution in [0.25, 0.3) is 0 Å². The molecule has 0 amide bonds. The molecule has 2 saturated heterocycles. The summed E-state index contributed by atoms with van der Waals surface area (Å²) < 4.78 is 28.8. The third-order valence-corrected chi connectivity index (χ3v) is 8.09. The van der Waals surface area contributed by atoms with Crippen molar-refractivity contribution < 1.29 is 8.42 Å². The molecule has 1 N–H and O–H groups in total. The van der Waals surface area contributed by atoms with Crippen molar-refractivity contribution in [2.45, 2.75) is 57.9 Å². The summed E-state index contributed by atoms with van der Waals surface area (Å²) in [4.78, 5) is 11.5. The maximum atomic E-state index is 12.8. The predicted molar refractivity (Wildman–Crippen MR) is 111 cm³/mol. The molecule has 0 unspecified atom stereocenters. The zero-order chi connectivity index (χ0) is 19.6. The molecule has 1 aliphatic carbocycles. The van der Waals surface area contributed by atoms with E-state index < -0.39 is 10.2 Å². The molecule has 0 spiro atoms. The third-order valence-electron chi connectivity index (χ3n) is 6.06. The minimum atomic E-state index is -3.31. The van der Waals surface area contributed by atoms with Gasteiger partial charge in [-0.05, 0) is 32.6 Å². The van der Waals surface area contributed by atoms with Gasteiger partial charge in [-0.25, -0.2) is 4.98 Å². The van der Waals surface area contributed by atoms with Crippen molar-refractivity contribution in [2.75, 3.05) is 49.5 Å². The number of anilines is 2. The molecule has 1 aromatic rings. The van der Waals surface area contributed by atoms with E-state index in [-0.39, 0.29) is 0 Å². The van der Waals surface area contributed by atoms with E-state index >= 15 is 0 Å². The van der Waals surface area contributed by atoms with Crippen molar-refractivity contribution in [2.24, 2.45) is 0 Å². The molecule has 3 fully saturated rings. The second-order valence-electron chi connectivity index (χ2n) is 8.17. The van der Waals surface area contributed by atoms with Crippen LogP contribution in [0.3, 0.4) is 0 Å². The molecular formula is C19H32N6O2S. The van der Waals surface area contributed by atoms with Crippen molar-refractivity contribution in [3.63, 3.8) is 0 Å². The Labute approximate surface area is 168 Å². The largest absolute Gasteiger partial charge is 0.354 e. The fourth-order valence-corrected chi connectivity index (χ4v) is 6.11. The Balaban J connectivity index is 1.40. The van der Waals surface area contributed by atoms with Gasteiger partial charge in [-0.1, -0.05) is 19.3 Å². The van der Waals surface area contributed by atoms with Gasteiger partial charge in [0.05, 0.1) is 0 Å². The molecule has 8 nitrogen and oxygen atoms in total. The molecule has 1 saturated carbocycles. The van der Waals surface area contributed by atoms with Gasteiger partial charge in [0.2, 0.25) is 5.95 Å². The Bertz CT molecular complexity index is 767. The van der Waals surface area contributed by atoms with Crippen LogP contribution in [0.5, 0.6) is 0 Å². The maximum absolute atomic E-state index is 12.8. The van der Waals surface area contributed by atoms with E-state index in [4.69, 9.17) is 4.98 Å². The quantitative estimate of drug-likeness (QED) is 0.802. The van der Waals surface area contributed by atoms with Crippen LogP contribution in [-0.4, -0.2) is 72.3 Å². The first-order valence-electron chi connectivity index (χ1n) is 10.6. The summed E-state index contributed by atoms with van der Waals surface area (Å²) in [5.74, 6) is 1.60. The standard InChI is InChI=1S/C19H32N6O2S/c1-16-15-18(22-19(20-16)21-17-7-3-2-4-8-17)23-11-13-25(14-12-23)28(26,27)24-9-5-6-10-24/h15,17H,2-14H2,1H3,(H,20,21,22). The van der Waals surface area contributed by atoms with Crippen molar-refractivity contribution in [3.05, 3.63) is 11.8 Å². The van der Waals surface area contributed by atoms with E-state index in [1.165, 1.54) is 32.1 Å². The number of nitrogens with zero attached hydrogens (tertiary/aromatic N) is 5. The monoisotopic (exact) mass is 408 g/mol. The highest BCUT2D eigenvalue weighted by atomic mass is 32.2. The summed E-state index contributed by atoms with van der Waals surface area (Å²) in [6.07, 6.45) is 8.15. The Morgan fingerprint density at radius 2 is 1.54 bits per heavy atom. The maximum Gasteiger partial charge on any atom is 0.282 e. The summed E-state index contributed by atoms with van der Waals surface area (Å²) in [5.41, 5.74) is 0.940. The lowest BCUT2D eigenvalue weighted by Crippen LogP contribution is -2.52. The van der Waals surface area contributed by atoms with Gasteiger partial charge in [-0.15, -0.1) is 0 Å². The molecule has 0 atom stereocenters. The van der Waals surface area contributed by atoms with E-state index in [0.717, 1.165) is 24.4 Å². The van der Waals surface area contributed by atoms with Crippen LogP contribution in [0, 0.1) is 6.92 Å². The number of piperazine rings is 1. The molecule has 156 valence electrons. The predicted octanol–water partition coefficient (Wildman–Crippen LogP) is 1.99. The van der Waals surface area contributed by atoms with Gasteiger partial charge < -0.3 is 10.2 Å². The highest BCUT2D eigenvalue weighted by Gasteiger charge is 2.34. The Hall–Kier alpha value is -1.45. The summed E-state index contributed by atoms with van der Waals surface area (Å²) in [6.45, 7) is 5.64. The molecular weight excluding hydrogens is 376 g/mol. The van der Waals surface area contributed by atoms with E-state index in [1.54, 1.807) is 8.61 Å². The second-order valence-corrected chi connectivity index (χ2v) is 10.1. The molecule has 2 aliphatic heterocycles. The number of nitrogens with one attached hydrogen (secondary N) is 1. The lowest BCUT2D eigenvalue weighted by molar-refractivity contribution is 0.343. The number of aryl methyl sites for hydroxylation is 1. The SMILES string of the molecule is Cc1cc(N2CCN(S(=O)(=O)N3CCCC3)CC2)nc(NC2CCCCC2)n1. The van der Waals surface area contributed by atoms with Crippen LogP contribution in [0.4, 0.5) is 11.8 Å². The average Bonchev–Trinajstić information content (AvgIpc) is 3.24. The summed E-state index contributed by atoms with van der Waals surface area (Å²) >= 11 is 0. The normalized spacial score (nSPS) is 23.2. The minimum absolute atomic E-state index is 0.464. The highest BCUT2D eigenvalue weighted by molar-refractivity contribution is 7.86. The van der Waals surface area contributed by atoms with E-state index in [2.05, 4.69) is 15.2 Å². The van der Waals surface area contributed by atoms with Gasteiger partial charge in [0.25, 0.3) is 10.2 Å². The van der Waals surface area contributed by atoms with Gasteiger partial charge in [0.15, 0.2) is 0 Å². The molecule has 0 bridgehead atoms. The number of hydrogen-bond donors (Lipinski definition) is 1. The number of hydrogen-bond acceptors (Lipinski definition) is 6. The first kappa shape index (κ1) is 19.8. The van der Waals surface area contributed by atoms with Crippen LogP contribution in [0.2, 0.25) is 0 Å². The van der Waals surface area contributed by atoms with Crippen molar-refractivity contribution in [3.8, 4) is 0 Å². The summed E-state index contributed by atoms with van der Waals surface area (Å²) in [5, 5.41) is 3.51. The first-order chi connectivity index (χ1) is 13.5. The smallest absolute Gasteiger partial charge is 0.282 e. The second kappa shape index (κ2) is 8.51. The molecule has 28 heavy (non-hydrogen) atoms. The Morgan fingerprint density at radius 1 is 0.893 bits per heavy atom. The molecule has 0 radical (unpaired) electrons. The van der Waals surface area contributed by atoms with Gasteiger partial charge in [-0.2, -0.15) is 22.0 Å². The van der Waals surface area contributed by atoms with E-state index in [9.17, 15) is 8.42 Å². The van der Waals surface area contributed by atoms with Crippen LogP contribution in [0.15, 0.2) is 6.07 Å². The molecule has 9 heteroatoms. The van der Waals surface area contributed by atoms with Crippen LogP contribution in [-0.2, 0) is 10.2 Å². The molecule has 4 rings (SSSR count). The topological polar surface area (TPSA) is 81.7 Å². The fraction of sp³-hybridized carbons (Fsp3) is 0.789. The van der Waals surface area contributed by atoms with Crippen LogP contribution < -0.4 is 10.2 Å². The number of aromatic nitrogens is 2. The van der Waals surface area contributed by atoms with Crippen molar-refractivity contribution in [1.82, 2.24) is 18.6 Å². The third kappa shape index (κ3) is 4.41. The lowest BCUT2D eigenvalue weighted by Gasteiger charge is -2.36. The van der Waals surface area contributed by atoms with Crippen LogP contribution >= 0.6 is 0 Å². The van der Waals surface area contributed by atoms with Gasteiger partial charge in [0.1, 0.15) is 5.82 Å². The molecule has 3 aliphatic rings. The summed E-state index contributed by atoms with van der Waals surface area (Å²) in [6, 6.07) is 2.46. The van der Waals surface area contributed by atoms with Crippen molar-refractivity contribution in [1.29, 1.82) is 0 Å². The molecule has 0 aromatic carbocycles. The molecule has 3 heterocycles. The van der Waals surface area contributed by atoms with E-state index in [1.807, 2.05) is 13.0 Å². The Morgan fingerprint density at radius 3 is 2.21 bits per heavy atom. The minimum Gasteiger partial charge on any atom is -0.354 e. The lowest BCUT2D eigenvalue weighted by atomic mass is 9.96. The van der Waals surface area contributed by atoms with Gasteiger partial charge >= 0.3 is 0 Å². The van der Waals surface area contributed by atoms with Crippen molar-refractivity contribution >= 4 is 22.0 Å². The van der Waals surface area contributed by atoms with Crippen LogP contribution in [0.1, 0.15) is 50.6 Å². The van der Waals surface area contributed by atoms with Gasteiger partial charge in [0, 0.05) is 57.1 Å². The first-order valence-corrected chi connectivity index (χ1v) is 12.0. The molecule has 1 aromatic heterocycles. The fourth-order valence-electron chi connectivity index (χ4n) is 4.44. The van der Waals surface area contributed by atoms with E-state index in [0.29, 0.717) is 51.3 Å². The highest BCUT2D eigenvalue weighted by Crippen LogP contribution is 2.23. The summed E-state index contributed by atoms with van der Waals surface area (Å²) in [7, 11) is -3.31. The number of rotatable bonds is 5. The zero-order valence-corrected chi connectivity index (χ0v) is 17.6. The Kier molecular flexibility index (Phi) is 6.03. The van der Waals surface area contributed by atoms with Gasteiger partial charge in [-0.3, -0.25) is 0 Å². The average molecular weight is 409 g/mol. The zero-order valence-electron chi connectivity index (χ0n) is 16.8.